The van der Waals surface area contributed by atoms with Crippen LogP contribution in [0.1, 0.15) is 37.8 Å². The fourth-order valence-corrected chi connectivity index (χ4v) is 3.59. The molecule has 19 heavy (non-hydrogen) atoms. The lowest BCUT2D eigenvalue weighted by Gasteiger charge is -2.16. The number of nitrogens with two attached hydrogens (primary N) is 1. The van der Waals surface area contributed by atoms with Crippen molar-refractivity contribution in [2.45, 2.75) is 37.1 Å². The van der Waals surface area contributed by atoms with Crippen molar-refractivity contribution in [1.29, 1.82) is 0 Å². The van der Waals surface area contributed by atoms with Gasteiger partial charge in [0.1, 0.15) is 0 Å². The summed E-state index contributed by atoms with van der Waals surface area (Å²) in [5.41, 5.74) is 7.32. The summed E-state index contributed by atoms with van der Waals surface area (Å²) >= 11 is 1.81. The summed E-state index contributed by atoms with van der Waals surface area (Å²) in [4.78, 5) is 12.6. The van der Waals surface area contributed by atoms with Crippen molar-refractivity contribution in [3.63, 3.8) is 0 Å². The molecule has 1 unspecified atom stereocenters. The first kappa shape index (κ1) is 14.4. The number of esters is 1. The molecule has 4 heteroatoms. The molecule has 1 atom stereocenters. The van der Waals surface area contributed by atoms with E-state index in [2.05, 4.69) is 12.1 Å². The second-order valence-electron chi connectivity index (χ2n) is 5.37. The second-order valence-corrected chi connectivity index (χ2v) is 6.39. The molecule has 3 nitrogen and oxygen atoms in total. The molecule has 1 aliphatic carbocycles. The van der Waals surface area contributed by atoms with Crippen LogP contribution in [-0.4, -0.2) is 18.8 Å². The van der Waals surface area contributed by atoms with E-state index in [1.807, 2.05) is 30.8 Å². The van der Waals surface area contributed by atoms with E-state index in [0.29, 0.717) is 6.42 Å². The summed E-state index contributed by atoms with van der Waals surface area (Å²) < 4.78 is 4.77. The van der Waals surface area contributed by atoms with Gasteiger partial charge in [0.05, 0.1) is 13.5 Å². The predicted octanol–water partition coefficient (Wildman–Crippen LogP) is 3.14. The van der Waals surface area contributed by atoms with Crippen LogP contribution >= 0.6 is 11.8 Å². The summed E-state index contributed by atoms with van der Waals surface area (Å²) in [5.74, 6) is 0.866. The Bertz CT molecular complexity index is 455. The zero-order valence-corrected chi connectivity index (χ0v) is 12.3. The maximum atomic E-state index is 11.4. The van der Waals surface area contributed by atoms with Crippen LogP contribution in [0.5, 0.6) is 0 Å². The van der Waals surface area contributed by atoms with E-state index in [1.54, 1.807) is 0 Å². The maximum Gasteiger partial charge on any atom is 0.306 e. The van der Waals surface area contributed by atoms with Gasteiger partial charge in [0.15, 0.2) is 0 Å². The topological polar surface area (TPSA) is 52.3 Å². The summed E-state index contributed by atoms with van der Waals surface area (Å²) in [6.07, 6.45) is 2.78. The Balaban J connectivity index is 1.98. The number of rotatable bonds is 6. The zero-order valence-electron chi connectivity index (χ0n) is 11.5. The van der Waals surface area contributed by atoms with Crippen LogP contribution in [0.15, 0.2) is 29.2 Å². The number of hydrogen-bond donors (Lipinski definition) is 1. The normalized spacial score (nSPS) is 17.8. The van der Waals surface area contributed by atoms with Gasteiger partial charge in [0, 0.05) is 16.7 Å². The van der Waals surface area contributed by atoms with E-state index in [0.717, 1.165) is 18.6 Å². The maximum absolute atomic E-state index is 11.4. The van der Waals surface area contributed by atoms with E-state index in [1.165, 1.54) is 17.6 Å². The monoisotopic (exact) mass is 279 g/mol. The van der Waals surface area contributed by atoms with Crippen molar-refractivity contribution >= 4 is 17.7 Å². The van der Waals surface area contributed by atoms with E-state index in [4.69, 9.17) is 10.5 Å². The standard InChI is InChI=1S/C15H21NO2S/c1-11(16)12-5-3-4-6-13(12)19-10-15(7-8-15)9-14(17)18-2/h3-6,11H,7-10,16H2,1-2H3. The second kappa shape index (κ2) is 5.97. The lowest BCUT2D eigenvalue weighted by molar-refractivity contribution is -0.141. The van der Waals surface area contributed by atoms with Gasteiger partial charge in [-0.25, -0.2) is 0 Å². The SMILES string of the molecule is COC(=O)CC1(CSc2ccccc2C(C)N)CC1. The van der Waals surface area contributed by atoms with Crippen molar-refractivity contribution in [2.75, 3.05) is 12.9 Å². The number of hydrogen-bond acceptors (Lipinski definition) is 4. The number of carbonyl (C=O) groups excluding carboxylic acids is 1. The van der Waals surface area contributed by atoms with Crippen molar-refractivity contribution in [3.05, 3.63) is 29.8 Å². The first-order chi connectivity index (χ1) is 9.06. The van der Waals surface area contributed by atoms with E-state index < -0.39 is 0 Å². The summed E-state index contributed by atoms with van der Waals surface area (Å²) in [6, 6.07) is 8.28. The van der Waals surface area contributed by atoms with E-state index in [-0.39, 0.29) is 17.4 Å². The highest BCUT2D eigenvalue weighted by atomic mass is 32.2. The average Bonchev–Trinajstić information content (AvgIpc) is 3.16. The molecule has 2 N–H and O–H groups in total. The molecule has 0 bridgehead atoms. The summed E-state index contributed by atoms with van der Waals surface area (Å²) in [7, 11) is 1.46. The van der Waals surface area contributed by atoms with Gasteiger partial charge in [-0.2, -0.15) is 0 Å². The van der Waals surface area contributed by atoms with E-state index in [9.17, 15) is 4.79 Å². The Labute approximate surface area is 118 Å². The average molecular weight is 279 g/mol. The third kappa shape index (κ3) is 3.74. The summed E-state index contributed by atoms with van der Waals surface area (Å²) in [6.45, 7) is 2.00. The number of ether oxygens (including phenoxy) is 1. The first-order valence-corrected chi connectivity index (χ1v) is 7.59. The van der Waals surface area contributed by atoms with Crippen molar-refractivity contribution in [3.8, 4) is 0 Å². The minimum atomic E-state index is -0.0985. The Morgan fingerprint density at radius 2 is 2.16 bits per heavy atom. The molecule has 1 aromatic rings. The third-order valence-corrected chi connectivity index (χ3v) is 5.09. The molecule has 0 aromatic heterocycles. The van der Waals surface area contributed by atoms with E-state index >= 15 is 0 Å². The van der Waals surface area contributed by atoms with Gasteiger partial charge in [-0.1, -0.05) is 18.2 Å². The molecule has 1 aromatic carbocycles. The molecule has 1 fully saturated rings. The van der Waals surface area contributed by atoms with Gasteiger partial charge in [0.25, 0.3) is 0 Å². The van der Waals surface area contributed by atoms with Crippen molar-refractivity contribution in [1.82, 2.24) is 0 Å². The molecule has 0 spiro atoms. The lowest BCUT2D eigenvalue weighted by Crippen LogP contribution is -2.13. The van der Waals surface area contributed by atoms with Crippen LogP contribution in [0.3, 0.4) is 0 Å². The quantitative estimate of drug-likeness (QED) is 0.642. The lowest BCUT2D eigenvalue weighted by atomic mass is 10.1. The van der Waals surface area contributed by atoms with Crippen molar-refractivity contribution in [2.24, 2.45) is 11.1 Å². The molecule has 1 saturated carbocycles. The molecule has 104 valence electrons. The molecular formula is C15H21NO2S. The molecule has 0 aliphatic heterocycles. The zero-order chi connectivity index (χ0) is 13.9. The Morgan fingerprint density at radius 3 is 2.74 bits per heavy atom. The number of benzene rings is 1. The molecule has 2 rings (SSSR count). The molecule has 0 saturated heterocycles. The van der Waals surface area contributed by atoms with Crippen LogP contribution in [0.4, 0.5) is 0 Å². The van der Waals surface area contributed by atoms with Crippen LogP contribution in [0.2, 0.25) is 0 Å². The summed E-state index contributed by atoms with van der Waals surface area (Å²) in [5, 5.41) is 0. The van der Waals surface area contributed by atoms with Gasteiger partial charge in [0.2, 0.25) is 0 Å². The smallest absolute Gasteiger partial charge is 0.306 e. The fourth-order valence-electron chi connectivity index (χ4n) is 2.15. The minimum Gasteiger partial charge on any atom is -0.469 e. The molecule has 0 radical (unpaired) electrons. The van der Waals surface area contributed by atoms with Crippen LogP contribution in [0.25, 0.3) is 0 Å². The molecule has 1 aliphatic rings. The number of thioether (sulfide) groups is 1. The van der Waals surface area contributed by atoms with Gasteiger partial charge >= 0.3 is 5.97 Å². The minimum absolute atomic E-state index is 0.0412. The Hall–Kier alpha value is -1.00. The predicted molar refractivity (Wildman–Crippen MR) is 78.1 cm³/mol. The first-order valence-electron chi connectivity index (χ1n) is 6.60. The highest BCUT2D eigenvalue weighted by molar-refractivity contribution is 7.99. The highest BCUT2D eigenvalue weighted by Gasteiger charge is 2.44. The van der Waals surface area contributed by atoms with Crippen molar-refractivity contribution < 1.29 is 9.53 Å². The number of carbonyl (C=O) groups is 1. The van der Waals surface area contributed by atoms with Crippen LogP contribution in [-0.2, 0) is 9.53 Å². The highest BCUT2D eigenvalue weighted by Crippen LogP contribution is 2.52. The van der Waals surface area contributed by atoms with Crippen LogP contribution in [0, 0.1) is 5.41 Å². The fraction of sp³-hybridized carbons (Fsp3) is 0.533. The van der Waals surface area contributed by atoms with Gasteiger partial charge in [-0.15, -0.1) is 11.8 Å². The Morgan fingerprint density at radius 1 is 1.47 bits per heavy atom. The Kier molecular flexibility index (Phi) is 4.53. The molecule has 0 heterocycles. The van der Waals surface area contributed by atoms with Crippen LogP contribution < -0.4 is 5.73 Å². The van der Waals surface area contributed by atoms with Gasteiger partial charge in [-0.3, -0.25) is 4.79 Å². The third-order valence-electron chi connectivity index (χ3n) is 3.65. The van der Waals surface area contributed by atoms with Gasteiger partial charge < -0.3 is 10.5 Å². The molecule has 0 amide bonds. The largest absolute Gasteiger partial charge is 0.469 e. The molecular weight excluding hydrogens is 258 g/mol. The number of methoxy groups -OCH3 is 1. The van der Waals surface area contributed by atoms with Gasteiger partial charge in [-0.05, 0) is 36.8 Å².